The van der Waals surface area contributed by atoms with Gasteiger partial charge in [-0.05, 0) is 13.0 Å². The van der Waals surface area contributed by atoms with E-state index in [1.54, 1.807) is 0 Å². The SMILES string of the molecule is NCCCON=C1CCS(=O)CC1. The molecular formula is C8H16N2O2S. The van der Waals surface area contributed by atoms with Gasteiger partial charge in [-0.25, -0.2) is 0 Å². The normalized spacial score (nSPS) is 22.8. The summed E-state index contributed by atoms with van der Waals surface area (Å²) in [4.78, 5) is 5.06. The zero-order valence-corrected chi connectivity index (χ0v) is 8.52. The molecule has 1 aliphatic rings. The first-order valence-electron chi connectivity index (χ1n) is 4.55. The molecule has 0 radical (unpaired) electrons. The number of nitrogens with two attached hydrogens (primary N) is 1. The highest BCUT2D eigenvalue weighted by Gasteiger charge is 2.12. The van der Waals surface area contributed by atoms with Crippen molar-refractivity contribution in [3.63, 3.8) is 0 Å². The van der Waals surface area contributed by atoms with Crippen LogP contribution in [0.1, 0.15) is 19.3 Å². The molecule has 0 unspecified atom stereocenters. The molecule has 5 heteroatoms. The van der Waals surface area contributed by atoms with Crippen LogP contribution in [0.25, 0.3) is 0 Å². The van der Waals surface area contributed by atoms with Crippen LogP contribution in [0.2, 0.25) is 0 Å². The molecule has 0 spiro atoms. The lowest BCUT2D eigenvalue weighted by Crippen LogP contribution is -2.18. The quantitative estimate of drug-likeness (QED) is 0.527. The van der Waals surface area contributed by atoms with Crippen molar-refractivity contribution in [3.8, 4) is 0 Å². The van der Waals surface area contributed by atoms with Crippen LogP contribution in [-0.4, -0.2) is 34.6 Å². The minimum absolute atomic E-state index is 0.586. The van der Waals surface area contributed by atoms with Crippen molar-refractivity contribution in [3.05, 3.63) is 0 Å². The van der Waals surface area contributed by atoms with Gasteiger partial charge in [0.2, 0.25) is 0 Å². The first kappa shape index (κ1) is 10.7. The van der Waals surface area contributed by atoms with Crippen molar-refractivity contribution >= 4 is 16.5 Å². The molecule has 1 rings (SSSR count). The van der Waals surface area contributed by atoms with E-state index in [0.29, 0.717) is 13.2 Å². The lowest BCUT2D eigenvalue weighted by Gasteiger charge is -2.11. The molecule has 0 bridgehead atoms. The van der Waals surface area contributed by atoms with Crippen molar-refractivity contribution in [1.29, 1.82) is 0 Å². The van der Waals surface area contributed by atoms with Gasteiger partial charge < -0.3 is 10.6 Å². The molecule has 0 aromatic heterocycles. The third-order valence-corrected chi connectivity index (χ3v) is 3.19. The first-order valence-corrected chi connectivity index (χ1v) is 6.04. The summed E-state index contributed by atoms with van der Waals surface area (Å²) in [6, 6.07) is 0. The van der Waals surface area contributed by atoms with Crippen molar-refractivity contribution in [2.45, 2.75) is 19.3 Å². The Morgan fingerprint density at radius 3 is 2.77 bits per heavy atom. The monoisotopic (exact) mass is 204 g/mol. The van der Waals surface area contributed by atoms with E-state index in [0.717, 1.165) is 36.5 Å². The molecule has 0 aromatic carbocycles. The van der Waals surface area contributed by atoms with Gasteiger partial charge in [-0.15, -0.1) is 0 Å². The van der Waals surface area contributed by atoms with Crippen molar-refractivity contribution in [2.24, 2.45) is 10.9 Å². The fraction of sp³-hybridized carbons (Fsp3) is 0.875. The fourth-order valence-corrected chi connectivity index (χ4v) is 2.20. The summed E-state index contributed by atoms with van der Waals surface area (Å²) in [7, 11) is -0.626. The van der Waals surface area contributed by atoms with Crippen LogP contribution in [-0.2, 0) is 15.6 Å². The van der Waals surface area contributed by atoms with E-state index in [1.165, 1.54) is 0 Å². The van der Waals surface area contributed by atoms with Crippen LogP contribution in [0.5, 0.6) is 0 Å². The van der Waals surface area contributed by atoms with E-state index in [-0.39, 0.29) is 0 Å². The molecule has 2 N–H and O–H groups in total. The lowest BCUT2D eigenvalue weighted by atomic mass is 10.2. The minimum atomic E-state index is -0.626. The average molecular weight is 204 g/mol. The summed E-state index contributed by atoms with van der Waals surface area (Å²) in [5.41, 5.74) is 6.34. The van der Waals surface area contributed by atoms with Gasteiger partial charge in [0.25, 0.3) is 0 Å². The second-order valence-electron chi connectivity index (χ2n) is 2.98. The molecule has 1 saturated heterocycles. The third-order valence-electron chi connectivity index (χ3n) is 1.87. The van der Waals surface area contributed by atoms with E-state index in [4.69, 9.17) is 10.6 Å². The van der Waals surface area contributed by atoms with Gasteiger partial charge in [0.1, 0.15) is 6.61 Å². The van der Waals surface area contributed by atoms with E-state index >= 15 is 0 Å². The largest absolute Gasteiger partial charge is 0.396 e. The maximum absolute atomic E-state index is 11.0. The summed E-state index contributed by atoms with van der Waals surface area (Å²) in [6.45, 7) is 1.22. The Labute approximate surface area is 81.0 Å². The molecule has 1 heterocycles. The lowest BCUT2D eigenvalue weighted by molar-refractivity contribution is 0.142. The maximum atomic E-state index is 11.0. The summed E-state index contributed by atoms with van der Waals surface area (Å²) in [5, 5.41) is 3.98. The molecular weight excluding hydrogens is 188 g/mol. The highest BCUT2D eigenvalue weighted by molar-refractivity contribution is 7.85. The van der Waals surface area contributed by atoms with E-state index < -0.39 is 10.8 Å². The van der Waals surface area contributed by atoms with Gasteiger partial charge in [-0.1, -0.05) is 5.16 Å². The van der Waals surface area contributed by atoms with Crippen molar-refractivity contribution in [2.75, 3.05) is 24.7 Å². The molecule has 0 atom stereocenters. The molecule has 0 saturated carbocycles. The molecule has 4 nitrogen and oxygen atoms in total. The van der Waals surface area contributed by atoms with Crippen LogP contribution >= 0.6 is 0 Å². The summed E-state index contributed by atoms with van der Waals surface area (Å²) in [6.07, 6.45) is 2.47. The van der Waals surface area contributed by atoms with Crippen LogP contribution in [0, 0.1) is 0 Å². The molecule has 1 aliphatic heterocycles. The number of hydrogen-bond donors (Lipinski definition) is 1. The number of rotatable bonds is 4. The highest BCUT2D eigenvalue weighted by atomic mass is 32.2. The standard InChI is InChI=1S/C8H16N2O2S/c9-4-1-5-12-10-8-2-6-13(11)7-3-8/h1-7,9H2. The van der Waals surface area contributed by atoms with E-state index in [9.17, 15) is 4.21 Å². The van der Waals surface area contributed by atoms with Gasteiger partial charge in [0.15, 0.2) is 0 Å². The van der Waals surface area contributed by atoms with E-state index in [2.05, 4.69) is 5.16 Å². The Bertz CT molecular complexity index is 194. The van der Waals surface area contributed by atoms with Crippen molar-refractivity contribution < 1.29 is 9.05 Å². The predicted octanol–water partition coefficient (Wildman–Crippen LogP) is 0.250. The number of hydrogen-bond acceptors (Lipinski definition) is 4. The Balaban J connectivity index is 2.16. The van der Waals surface area contributed by atoms with Crippen LogP contribution in [0.15, 0.2) is 5.16 Å². The Kier molecular flexibility index (Phi) is 5.00. The Morgan fingerprint density at radius 1 is 1.46 bits per heavy atom. The molecule has 76 valence electrons. The third kappa shape index (κ3) is 4.38. The highest BCUT2D eigenvalue weighted by Crippen LogP contribution is 2.06. The first-order chi connectivity index (χ1) is 6.33. The second kappa shape index (κ2) is 6.10. The molecule has 0 amide bonds. The van der Waals surface area contributed by atoms with Gasteiger partial charge in [-0.3, -0.25) is 4.21 Å². The number of oxime groups is 1. The van der Waals surface area contributed by atoms with E-state index in [1.807, 2.05) is 0 Å². The molecule has 13 heavy (non-hydrogen) atoms. The molecule has 0 aromatic rings. The minimum Gasteiger partial charge on any atom is -0.396 e. The smallest absolute Gasteiger partial charge is 0.118 e. The van der Waals surface area contributed by atoms with Crippen LogP contribution < -0.4 is 5.73 Å². The van der Waals surface area contributed by atoms with Gasteiger partial charge in [0, 0.05) is 35.1 Å². The van der Waals surface area contributed by atoms with Crippen LogP contribution in [0.3, 0.4) is 0 Å². The average Bonchev–Trinajstić information content (AvgIpc) is 2.15. The Morgan fingerprint density at radius 2 is 2.15 bits per heavy atom. The summed E-state index contributed by atoms with van der Waals surface area (Å²) in [5.74, 6) is 1.47. The van der Waals surface area contributed by atoms with Gasteiger partial charge >= 0.3 is 0 Å². The van der Waals surface area contributed by atoms with Gasteiger partial charge in [-0.2, -0.15) is 0 Å². The Hall–Kier alpha value is -0.420. The zero-order valence-electron chi connectivity index (χ0n) is 7.70. The fourth-order valence-electron chi connectivity index (χ4n) is 1.07. The molecule has 1 fully saturated rings. The topological polar surface area (TPSA) is 64.7 Å². The maximum Gasteiger partial charge on any atom is 0.118 e. The van der Waals surface area contributed by atoms with Crippen molar-refractivity contribution in [1.82, 2.24) is 0 Å². The molecule has 0 aliphatic carbocycles. The number of nitrogens with zero attached hydrogens (tertiary/aromatic N) is 1. The van der Waals surface area contributed by atoms with Crippen LogP contribution in [0.4, 0.5) is 0 Å². The van der Waals surface area contributed by atoms with Gasteiger partial charge in [0.05, 0.1) is 5.71 Å². The summed E-state index contributed by atoms with van der Waals surface area (Å²) < 4.78 is 11.0. The predicted molar refractivity (Wildman–Crippen MR) is 54.2 cm³/mol. The summed E-state index contributed by atoms with van der Waals surface area (Å²) >= 11 is 0. The zero-order chi connectivity index (χ0) is 9.52. The second-order valence-corrected chi connectivity index (χ2v) is 4.68.